The van der Waals surface area contributed by atoms with Crippen molar-refractivity contribution in [1.82, 2.24) is 9.88 Å². The maximum atomic E-state index is 12.9. The van der Waals surface area contributed by atoms with Crippen LogP contribution in [0.3, 0.4) is 0 Å². The van der Waals surface area contributed by atoms with E-state index in [4.69, 9.17) is 4.74 Å². The normalized spacial score (nSPS) is 15.7. The number of aryl methyl sites for hydroxylation is 1. The largest absolute Gasteiger partial charge is 0.381 e. The minimum atomic E-state index is 0.127. The quantitative estimate of drug-likeness (QED) is 0.754. The monoisotopic (exact) mass is 362 g/mol. The maximum absolute atomic E-state index is 12.9. The van der Waals surface area contributed by atoms with Gasteiger partial charge in [-0.05, 0) is 31.9 Å². The second-order valence-corrected chi connectivity index (χ2v) is 7.95. The molecule has 6 heteroatoms. The van der Waals surface area contributed by atoms with E-state index in [9.17, 15) is 4.79 Å². The Morgan fingerprint density at radius 2 is 2.12 bits per heavy atom. The number of piperidine rings is 1. The smallest absolute Gasteiger partial charge is 0.254 e. The fourth-order valence-electron chi connectivity index (χ4n) is 2.86. The predicted octanol–water partition coefficient (Wildman–Crippen LogP) is 3.99. The van der Waals surface area contributed by atoms with Gasteiger partial charge in [0, 0.05) is 36.2 Å². The molecule has 0 unspecified atom stereocenters. The van der Waals surface area contributed by atoms with Crippen LogP contribution in [-0.4, -0.2) is 42.1 Å². The van der Waals surface area contributed by atoms with E-state index < -0.39 is 0 Å². The Hall–Kier alpha value is -1.37. The van der Waals surface area contributed by atoms with Gasteiger partial charge in [-0.3, -0.25) is 4.79 Å². The number of thioether (sulfide) groups is 1. The van der Waals surface area contributed by atoms with Gasteiger partial charge in [-0.15, -0.1) is 23.1 Å². The first-order valence-corrected chi connectivity index (χ1v) is 9.99. The molecule has 0 N–H and O–H groups in total. The van der Waals surface area contributed by atoms with Gasteiger partial charge in [-0.1, -0.05) is 12.1 Å². The molecule has 1 aliphatic rings. The molecule has 0 aliphatic carbocycles. The van der Waals surface area contributed by atoms with Crippen LogP contribution < -0.4 is 0 Å². The number of likely N-dealkylation sites (tertiary alicyclic amines) is 1. The summed E-state index contributed by atoms with van der Waals surface area (Å²) in [5, 5.41) is 3.17. The zero-order valence-electron chi connectivity index (χ0n) is 14.0. The summed E-state index contributed by atoms with van der Waals surface area (Å²) in [4.78, 5) is 20.4. The molecule has 0 saturated carbocycles. The third-order valence-corrected chi connectivity index (χ3v) is 6.15. The van der Waals surface area contributed by atoms with Gasteiger partial charge >= 0.3 is 0 Å². The number of nitrogens with zero attached hydrogens (tertiary/aromatic N) is 2. The lowest BCUT2D eigenvalue weighted by atomic mass is 10.1. The summed E-state index contributed by atoms with van der Waals surface area (Å²) >= 11 is 3.35. The summed E-state index contributed by atoms with van der Waals surface area (Å²) < 4.78 is 5.39. The van der Waals surface area contributed by atoms with E-state index in [1.165, 1.54) is 0 Å². The van der Waals surface area contributed by atoms with Crippen molar-refractivity contribution in [3.8, 4) is 0 Å². The van der Waals surface area contributed by atoms with Gasteiger partial charge in [0.05, 0.1) is 22.4 Å². The average molecular weight is 363 g/mol. The van der Waals surface area contributed by atoms with Crippen molar-refractivity contribution in [1.29, 1.82) is 0 Å². The second-order valence-electron chi connectivity index (χ2n) is 5.87. The molecular formula is C18H22N2O2S2. The molecule has 1 amide bonds. The van der Waals surface area contributed by atoms with Crippen LogP contribution >= 0.6 is 23.1 Å². The molecule has 1 aromatic heterocycles. The van der Waals surface area contributed by atoms with Crippen molar-refractivity contribution in [2.45, 2.75) is 36.5 Å². The van der Waals surface area contributed by atoms with Gasteiger partial charge in [0.1, 0.15) is 0 Å². The Morgan fingerprint density at radius 1 is 1.38 bits per heavy atom. The number of hydrogen-bond acceptors (Lipinski definition) is 5. The molecule has 1 aliphatic heterocycles. The molecule has 1 saturated heterocycles. The van der Waals surface area contributed by atoms with Gasteiger partial charge in [-0.25, -0.2) is 4.98 Å². The van der Waals surface area contributed by atoms with Gasteiger partial charge in [0.2, 0.25) is 0 Å². The number of benzene rings is 1. The molecule has 3 rings (SSSR count). The molecule has 2 heterocycles. The van der Waals surface area contributed by atoms with E-state index >= 15 is 0 Å². The van der Waals surface area contributed by atoms with Crippen molar-refractivity contribution in [3.05, 3.63) is 45.9 Å². The SMILES string of the molecule is COC1CCN(C(=O)c2ccccc2SCc2csc(C)n2)CC1. The third-order valence-electron chi connectivity index (χ3n) is 4.22. The van der Waals surface area contributed by atoms with Crippen molar-refractivity contribution in [3.63, 3.8) is 0 Å². The summed E-state index contributed by atoms with van der Waals surface area (Å²) in [6.07, 6.45) is 2.11. The highest BCUT2D eigenvalue weighted by molar-refractivity contribution is 7.98. The molecule has 4 nitrogen and oxygen atoms in total. The number of methoxy groups -OCH3 is 1. The van der Waals surface area contributed by atoms with E-state index in [-0.39, 0.29) is 12.0 Å². The lowest BCUT2D eigenvalue weighted by Gasteiger charge is -2.31. The number of amides is 1. The highest BCUT2D eigenvalue weighted by atomic mass is 32.2. The number of aromatic nitrogens is 1. The summed E-state index contributed by atoms with van der Waals surface area (Å²) in [5.74, 6) is 0.919. The van der Waals surface area contributed by atoms with Gasteiger partial charge < -0.3 is 9.64 Å². The van der Waals surface area contributed by atoms with Crippen LogP contribution in [0.5, 0.6) is 0 Å². The standard InChI is InChI=1S/C18H22N2O2S2/c1-13-19-14(11-23-13)12-24-17-6-4-3-5-16(17)18(21)20-9-7-15(22-2)8-10-20/h3-6,11,15H,7-10,12H2,1-2H3. The van der Waals surface area contributed by atoms with Crippen LogP contribution in [0.1, 0.15) is 33.9 Å². The fourth-order valence-corrected chi connectivity index (χ4v) is 4.52. The molecule has 128 valence electrons. The maximum Gasteiger partial charge on any atom is 0.254 e. The minimum Gasteiger partial charge on any atom is -0.381 e. The topological polar surface area (TPSA) is 42.4 Å². The molecular weight excluding hydrogens is 340 g/mol. The van der Waals surface area contributed by atoms with Crippen molar-refractivity contribution in [2.75, 3.05) is 20.2 Å². The lowest BCUT2D eigenvalue weighted by Crippen LogP contribution is -2.40. The Morgan fingerprint density at radius 3 is 2.79 bits per heavy atom. The predicted molar refractivity (Wildman–Crippen MR) is 98.8 cm³/mol. The minimum absolute atomic E-state index is 0.127. The second kappa shape index (κ2) is 8.14. The number of thiazole rings is 1. The van der Waals surface area contributed by atoms with E-state index in [2.05, 4.69) is 10.4 Å². The summed E-state index contributed by atoms with van der Waals surface area (Å²) in [6.45, 7) is 3.54. The zero-order valence-corrected chi connectivity index (χ0v) is 15.7. The number of hydrogen-bond donors (Lipinski definition) is 0. The summed E-state index contributed by atoms with van der Waals surface area (Å²) in [6, 6.07) is 7.88. The first kappa shape index (κ1) is 17.5. The third kappa shape index (κ3) is 4.18. The fraction of sp³-hybridized carbons (Fsp3) is 0.444. The van der Waals surface area contributed by atoms with Crippen LogP contribution in [0, 0.1) is 6.92 Å². The van der Waals surface area contributed by atoms with Crippen LogP contribution in [0.2, 0.25) is 0 Å². The first-order valence-electron chi connectivity index (χ1n) is 8.12. The van der Waals surface area contributed by atoms with Crippen LogP contribution in [0.25, 0.3) is 0 Å². The van der Waals surface area contributed by atoms with E-state index in [0.717, 1.165) is 52.8 Å². The Kier molecular flexibility index (Phi) is 5.92. The lowest BCUT2D eigenvalue weighted by molar-refractivity contribution is 0.0349. The molecule has 0 radical (unpaired) electrons. The zero-order chi connectivity index (χ0) is 16.9. The Labute approximate surface area is 151 Å². The number of ether oxygens (including phenoxy) is 1. The molecule has 24 heavy (non-hydrogen) atoms. The molecule has 0 atom stereocenters. The van der Waals surface area contributed by atoms with Crippen molar-refractivity contribution >= 4 is 29.0 Å². The average Bonchev–Trinajstić information content (AvgIpc) is 3.05. The Bertz CT molecular complexity index is 694. The van der Waals surface area contributed by atoms with Crippen LogP contribution in [0.15, 0.2) is 34.5 Å². The van der Waals surface area contributed by atoms with E-state index in [0.29, 0.717) is 0 Å². The van der Waals surface area contributed by atoms with E-state index in [1.54, 1.807) is 30.2 Å². The number of rotatable bonds is 5. The van der Waals surface area contributed by atoms with Gasteiger partial charge in [-0.2, -0.15) is 0 Å². The highest BCUT2D eigenvalue weighted by Crippen LogP contribution is 2.28. The molecule has 1 aromatic carbocycles. The number of carbonyl (C=O) groups excluding carboxylic acids is 1. The first-order chi connectivity index (χ1) is 11.7. The molecule has 1 fully saturated rings. The van der Waals surface area contributed by atoms with Gasteiger partial charge in [0.25, 0.3) is 5.91 Å². The Balaban J connectivity index is 1.68. The van der Waals surface area contributed by atoms with Crippen LogP contribution in [-0.2, 0) is 10.5 Å². The highest BCUT2D eigenvalue weighted by Gasteiger charge is 2.24. The summed E-state index contributed by atoms with van der Waals surface area (Å²) in [5.41, 5.74) is 1.87. The molecule has 0 bridgehead atoms. The number of carbonyl (C=O) groups is 1. The van der Waals surface area contributed by atoms with Crippen molar-refractivity contribution in [2.24, 2.45) is 0 Å². The van der Waals surface area contributed by atoms with E-state index in [1.807, 2.05) is 36.1 Å². The van der Waals surface area contributed by atoms with Crippen molar-refractivity contribution < 1.29 is 9.53 Å². The summed E-state index contributed by atoms with van der Waals surface area (Å²) in [7, 11) is 1.74. The van der Waals surface area contributed by atoms with Crippen LogP contribution in [0.4, 0.5) is 0 Å². The van der Waals surface area contributed by atoms with Gasteiger partial charge in [0.15, 0.2) is 0 Å². The molecule has 2 aromatic rings. The molecule has 0 spiro atoms.